The molecule has 0 fully saturated rings. The summed E-state index contributed by atoms with van der Waals surface area (Å²) < 4.78 is 37.2. The molecule has 1 nitrogen and oxygen atoms in total. The molecule has 1 aromatic rings. The number of rotatable bonds is 1. The Morgan fingerprint density at radius 2 is 2.00 bits per heavy atom. The zero-order valence-corrected chi connectivity index (χ0v) is 9.54. The van der Waals surface area contributed by atoms with E-state index >= 15 is 0 Å². The standard InChI is InChI=1S/C9H4BrClF3N/c10-3-5-1-7(9(12,13)14)2-6(4-15)8(5)11/h1-2H,3H2. The van der Waals surface area contributed by atoms with E-state index in [1.807, 2.05) is 0 Å². The Morgan fingerprint density at radius 1 is 1.40 bits per heavy atom. The lowest BCUT2D eigenvalue weighted by Crippen LogP contribution is -2.06. The highest BCUT2D eigenvalue weighted by Gasteiger charge is 2.31. The third-order valence-electron chi connectivity index (χ3n) is 1.74. The van der Waals surface area contributed by atoms with E-state index in [-0.39, 0.29) is 21.5 Å². The Bertz CT molecular complexity index is 423. The van der Waals surface area contributed by atoms with Crippen molar-refractivity contribution in [3.8, 4) is 6.07 Å². The fourth-order valence-electron chi connectivity index (χ4n) is 1.03. The molecule has 0 heterocycles. The van der Waals surface area contributed by atoms with E-state index in [0.29, 0.717) is 0 Å². The highest BCUT2D eigenvalue weighted by Crippen LogP contribution is 2.34. The van der Waals surface area contributed by atoms with E-state index in [1.54, 1.807) is 6.07 Å². The average Bonchev–Trinajstić information content (AvgIpc) is 2.16. The van der Waals surface area contributed by atoms with Gasteiger partial charge in [-0.1, -0.05) is 27.5 Å². The van der Waals surface area contributed by atoms with Crippen molar-refractivity contribution in [1.82, 2.24) is 0 Å². The number of benzene rings is 1. The van der Waals surface area contributed by atoms with Gasteiger partial charge in [-0.2, -0.15) is 18.4 Å². The third-order valence-corrected chi connectivity index (χ3v) is 2.79. The number of nitriles is 1. The molecule has 0 spiro atoms. The normalized spacial score (nSPS) is 11.2. The van der Waals surface area contributed by atoms with Crippen molar-refractivity contribution < 1.29 is 13.2 Å². The molecule has 0 amide bonds. The van der Waals surface area contributed by atoms with Gasteiger partial charge in [0, 0.05) is 5.33 Å². The summed E-state index contributed by atoms with van der Waals surface area (Å²) in [7, 11) is 0. The molecular formula is C9H4BrClF3N. The van der Waals surface area contributed by atoms with Crippen LogP contribution in [0.5, 0.6) is 0 Å². The first kappa shape index (κ1) is 12.3. The van der Waals surface area contributed by atoms with Gasteiger partial charge in [0.05, 0.1) is 16.1 Å². The molecule has 0 aliphatic carbocycles. The fraction of sp³-hybridized carbons (Fsp3) is 0.222. The lowest BCUT2D eigenvalue weighted by Gasteiger charge is -2.10. The van der Waals surface area contributed by atoms with Gasteiger partial charge in [-0.3, -0.25) is 0 Å². The van der Waals surface area contributed by atoms with Crippen LogP contribution in [0.1, 0.15) is 16.7 Å². The molecule has 0 radical (unpaired) electrons. The molecule has 0 aliphatic heterocycles. The highest BCUT2D eigenvalue weighted by molar-refractivity contribution is 9.08. The van der Waals surface area contributed by atoms with Gasteiger partial charge in [0.25, 0.3) is 0 Å². The minimum Gasteiger partial charge on any atom is -0.192 e. The topological polar surface area (TPSA) is 23.8 Å². The molecule has 80 valence electrons. The zero-order valence-electron chi connectivity index (χ0n) is 7.20. The van der Waals surface area contributed by atoms with Crippen LogP contribution >= 0.6 is 27.5 Å². The molecule has 15 heavy (non-hydrogen) atoms. The highest BCUT2D eigenvalue weighted by atomic mass is 79.9. The van der Waals surface area contributed by atoms with E-state index in [2.05, 4.69) is 15.9 Å². The Labute approximate surface area is 97.6 Å². The van der Waals surface area contributed by atoms with Gasteiger partial charge >= 0.3 is 6.18 Å². The summed E-state index contributed by atoms with van der Waals surface area (Å²) in [6.07, 6.45) is -4.47. The lowest BCUT2D eigenvalue weighted by molar-refractivity contribution is -0.137. The summed E-state index contributed by atoms with van der Waals surface area (Å²) in [5.74, 6) is 0. The van der Waals surface area contributed by atoms with Gasteiger partial charge < -0.3 is 0 Å². The number of hydrogen-bond acceptors (Lipinski definition) is 1. The van der Waals surface area contributed by atoms with Crippen LogP contribution in [0.15, 0.2) is 12.1 Å². The van der Waals surface area contributed by atoms with Crippen LogP contribution in [0, 0.1) is 11.3 Å². The molecule has 0 N–H and O–H groups in total. The molecule has 0 saturated carbocycles. The van der Waals surface area contributed by atoms with Gasteiger partial charge in [0.1, 0.15) is 6.07 Å². The SMILES string of the molecule is N#Cc1cc(C(F)(F)F)cc(CBr)c1Cl. The van der Waals surface area contributed by atoms with Crippen molar-refractivity contribution in [2.75, 3.05) is 0 Å². The van der Waals surface area contributed by atoms with Crippen LogP contribution in [-0.4, -0.2) is 0 Å². The summed E-state index contributed by atoms with van der Waals surface area (Å²) in [5, 5.41) is 8.84. The van der Waals surface area contributed by atoms with Gasteiger partial charge in [0.15, 0.2) is 0 Å². The Hall–Kier alpha value is -0.730. The molecular weight excluding hydrogens is 294 g/mol. The van der Waals surface area contributed by atoms with Crippen LogP contribution in [0.2, 0.25) is 5.02 Å². The van der Waals surface area contributed by atoms with E-state index in [1.165, 1.54) is 0 Å². The monoisotopic (exact) mass is 297 g/mol. The molecule has 0 unspecified atom stereocenters. The molecule has 0 saturated heterocycles. The molecule has 6 heteroatoms. The van der Waals surface area contributed by atoms with Crippen molar-refractivity contribution >= 4 is 27.5 Å². The van der Waals surface area contributed by atoms with Crippen molar-refractivity contribution in [3.05, 3.63) is 33.8 Å². The minimum atomic E-state index is -4.47. The second-order valence-corrected chi connectivity index (χ2v) is 3.68. The third kappa shape index (κ3) is 2.64. The Morgan fingerprint density at radius 3 is 2.40 bits per heavy atom. The maximum absolute atomic E-state index is 12.4. The first-order chi connectivity index (χ1) is 6.90. The molecule has 1 rings (SSSR count). The second-order valence-electron chi connectivity index (χ2n) is 2.74. The molecule has 0 bridgehead atoms. The van der Waals surface area contributed by atoms with E-state index in [0.717, 1.165) is 12.1 Å². The largest absolute Gasteiger partial charge is 0.416 e. The zero-order chi connectivity index (χ0) is 11.6. The summed E-state index contributed by atoms with van der Waals surface area (Å²) in [5.41, 5.74) is -0.776. The fourth-order valence-corrected chi connectivity index (χ4v) is 1.85. The smallest absolute Gasteiger partial charge is 0.192 e. The van der Waals surface area contributed by atoms with Crippen LogP contribution in [-0.2, 0) is 11.5 Å². The Kier molecular flexibility index (Phi) is 3.63. The number of halogens is 5. The van der Waals surface area contributed by atoms with E-state index in [4.69, 9.17) is 16.9 Å². The van der Waals surface area contributed by atoms with Gasteiger partial charge in [-0.15, -0.1) is 0 Å². The van der Waals surface area contributed by atoms with Crippen LogP contribution in [0.4, 0.5) is 13.2 Å². The van der Waals surface area contributed by atoms with Crippen LogP contribution in [0.3, 0.4) is 0 Å². The van der Waals surface area contributed by atoms with Crippen molar-refractivity contribution in [2.24, 2.45) is 0 Å². The van der Waals surface area contributed by atoms with Crippen LogP contribution < -0.4 is 0 Å². The first-order valence-electron chi connectivity index (χ1n) is 3.76. The van der Waals surface area contributed by atoms with E-state index < -0.39 is 11.7 Å². The van der Waals surface area contributed by atoms with Gasteiger partial charge in [-0.05, 0) is 17.7 Å². The summed E-state index contributed by atoms with van der Waals surface area (Å²) in [4.78, 5) is 0. The number of nitrogens with zero attached hydrogens (tertiary/aromatic N) is 1. The Balaban J connectivity index is 3.42. The van der Waals surface area contributed by atoms with Crippen molar-refractivity contribution in [1.29, 1.82) is 5.26 Å². The van der Waals surface area contributed by atoms with Gasteiger partial charge in [-0.25, -0.2) is 0 Å². The summed E-state index contributed by atoms with van der Waals surface area (Å²) >= 11 is 8.72. The number of alkyl halides is 4. The van der Waals surface area contributed by atoms with Crippen molar-refractivity contribution in [2.45, 2.75) is 11.5 Å². The van der Waals surface area contributed by atoms with Crippen LogP contribution in [0.25, 0.3) is 0 Å². The maximum atomic E-state index is 12.4. The second kappa shape index (κ2) is 4.42. The predicted molar refractivity (Wildman–Crippen MR) is 53.8 cm³/mol. The molecule has 0 aliphatic rings. The van der Waals surface area contributed by atoms with Crippen molar-refractivity contribution in [3.63, 3.8) is 0 Å². The molecule has 1 aromatic carbocycles. The average molecular weight is 298 g/mol. The predicted octanol–water partition coefficient (Wildman–Crippen LogP) is 4.13. The number of hydrogen-bond donors (Lipinski definition) is 0. The summed E-state index contributed by atoms with van der Waals surface area (Å²) in [6.45, 7) is 0. The molecule has 0 atom stereocenters. The minimum absolute atomic E-state index is 0.0578. The summed E-state index contributed by atoms with van der Waals surface area (Å²) in [6, 6.07) is 3.30. The van der Waals surface area contributed by atoms with Gasteiger partial charge in [0.2, 0.25) is 0 Å². The first-order valence-corrected chi connectivity index (χ1v) is 5.25. The quantitative estimate of drug-likeness (QED) is 0.715. The lowest BCUT2D eigenvalue weighted by atomic mass is 10.1. The molecule has 0 aromatic heterocycles. The maximum Gasteiger partial charge on any atom is 0.416 e. The van der Waals surface area contributed by atoms with E-state index in [9.17, 15) is 13.2 Å².